The maximum Gasteiger partial charge on any atom is 0.267 e. The van der Waals surface area contributed by atoms with Gasteiger partial charge in [0.15, 0.2) is 0 Å². The molecule has 0 bridgehead atoms. The molecule has 72 valence electrons. The van der Waals surface area contributed by atoms with Crippen molar-refractivity contribution < 1.29 is 13.2 Å². The predicted molar refractivity (Wildman–Crippen MR) is 51.4 cm³/mol. The number of hydrogen-bond acceptors (Lipinski definition) is 3. The second-order valence-corrected chi connectivity index (χ2v) is 4.82. The van der Waals surface area contributed by atoms with Crippen molar-refractivity contribution in [2.75, 3.05) is 5.32 Å². The van der Waals surface area contributed by atoms with E-state index in [1.807, 2.05) is 0 Å². The smallest absolute Gasteiger partial charge is 0.267 e. The Bertz CT molecular complexity index is 531. The van der Waals surface area contributed by atoms with Crippen LogP contribution in [0, 0.1) is 0 Å². The van der Waals surface area contributed by atoms with Crippen LogP contribution in [0.25, 0.3) is 0 Å². The highest BCUT2D eigenvalue weighted by molar-refractivity contribution is 7.96. The molecule has 5 heteroatoms. The molecule has 1 aromatic rings. The fraction of sp³-hybridized carbons (Fsp3) is 0. The van der Waals surface area contributed by atoms with E-state index in [1.54, 1.807) is 12.1 Å². The third-order valence-corrected chi connectivity index (χ3v) is 3.77. The molecule has 0 saturated heterocycles. The first-order valence-electron chi connectivity index (χ1n) is 3.88. The van der Waals surface area contributed by atoms with Crippen molar-refractivity contribution in [1.82, 2.24) is 0 Å². The molecule has 0 aromatic heterocycles. The molecule has 0 aliphatic carbocycles. The van der Waals surface area contributed by atoms with Gasteiger partial charge in [0.2, 0.25) is 9.84 Å². The van der Waals surface area contributed by atoms with Crippen molar-refractivity contribution in [2.24, 2.45) is 0 Å². The molecule has 4 nitrogen and oxygen atoms in total. The van der Waals surface area contributed by atoms with E-state index in [0.717, 1.165) is 0 Å². The van der Waals surface area contributed by atoms with Crippen LogP contribution in [0.1, 0.15) is 0 Å². The third kappa shape index (κ3) is 1.06. The van der Waals surface area contributed by atoms with Gasteiger partial charge in [0, 0.05) is 0 Å². The summed E-state index contributed by atoms with van der Waals surface area (Å²) in [6.45, 7) is 3.25. The summed E-state index contributed by atoms with van der Waals surface area (Å²) in [5.74, 6) is -0.663. The zero-order valence-corrected chi connectivity index (χ0v) is 7.97. The first-order valence-corrected chi connectivity index (χ1v) is 5.36. The Balaban J connectivity index is 2.79. The summed E-state index contributed by atoms with van der Waals surface area (Å²) < 4.78 is 23.3. The number of hydrogen-bond donors (Lipinski definition) is 1. The molecule has 0 radical (unpaired) electrons. The molecule has 14 heavy (non-hydrogen) atoms. The Hall–Kier alpha value is -1.62. The molecule has 0 fully saturated rings. The van der Waals surface area contributed by atoms with Gasteiger partial charge in [0.1, 0.15) is 4.91 Å². The normalized spacial score (nSPS) is 18.6. The zero-order valence-electron chi connectivity index (χ0n) is 7.15. The Morgan fingerprint density at radius 3 is 2.57 bits per heavy atom. The SMILES string of the molecule is C=C1C(=O)Nc2ccccc2S1(=O)=O. The second-order valence-electron chi connectivity index (χ2n) is 2.88. The van der Waals surface area contributed by atoms with Gasteiger partial charge in [-0.1, -0.05) is 18.7 Å². The van der Waals surface area contributed by atoms with E-state index < -0.39 is 20.6 Å². The summed E-state index contributed by atoms with van der Waals surface area (Å²) in [4.78, 5) is 10.9. The number of rotatable bonds is 0. The van der Waals surface area contributed by atoms with E-state index in [4.69, 9.17) is 0 Å². The standard InChI is InChI=1S/C9H7NO3S/c1-6-9(11)10-7-4-2-3-5-8(7)14(6,12)13/h2-5H,1H2,(H,10,11). The quantitative estimate of drug-likeness (QED) is 0.646. The van der Waals surface area contributed by atoms with Gasteiger partial charge >= 0.3 is 0 Å². The molecule has 1 N–H and O–H groups in total. The first-order chi connectivity index (χ1) is 6.53. The lowest BCUT2D eigenvalue weighted by atomic mass is 10.3. The number of para-hydroxylation sites is 1. The lowest BCUT2D eigenvalue weighted by molar-refractivity contribution is -0.112. The van der Waals surface area contributed by atoms with E-state index in [2.05, 4.69) is 11.9 Å². The molecule has 0 unspecified atom stereocenters. The van der Waals surface area contributed by atoms with Crippen LogP contribution in [0.5, 0.6) is 0 Å². The molecule has 1 aliphatic rings. The summed E-state index contributed by atoms with van der Waals surface area (Å²) in [5, 5.41) is 2.45. The van der Waals surface area contributed by atoms with E-state index >= 15 is 0 Å². The molecule has 0 atom stereocenters. The lowest BCUT2D eigenvalue weighted by Gasteiger charge is -2.17. The number of carbonyl (C=O) groups is 1. The fourth-order valence-corrected chi connectivity index (χ4v) is 2.48. The molecular formula is C9H7NO3S. The van der Waals surface area contributed by atoms with Gasteiger partial charge in [-0.05, 0) is 12.1 Å². The zero-order chi connectivity index (χ0) is 10.3. The monoisotopic (exact) mass is 209 g/mol. The van der Waals surface area contributed by atoms with E-state index in [0.29, 0.717) is 5.69 Å². The molecule has 1 amide bonds. The van der Waals surface area contributed by atoms with Crippen molar-refractivity contribution >= 4 is 21.4 Å². The van der Waals surface area contributed by atoms with Gasteiger partial charge in [0.05, 0.1) is 10.6 Å². The molecule has 0 saturated carbocycles. The number of nitrogens with one attached hydrogen (secondary N) is 1. The number of carbonyl (C=O) groups excluding carboxylic acids is 1. The lowest BCUT2D eigenvalue weighted by Crippen LogP contribution is -2.26. The van der Waals surface area contributed by atoms with Gasteiger partial charge in [-0.25, -0.2) is 8.42 Å². The van der Waals surface area contributed by atoms with Crippen molar-refractivity contribution in [2.45, 2.75) is 4.90 Å². The van der Waals surface area contributed by atoms with Gasteiger partial charge in [0.25, 0.3) is 5.91 Å². The summed E-state index contributed by atoms with van der Waals surface area (Å²) in [7, 11) is -3.68. The largest absolute Gasteiger partial charge is 0.320 e. The number of benzene rings is 1. The first kappa shape index (κ1) is 8.96. The number of amides is 1. The van der Waals surface area contributed by atoms with Crippen LogP contribution in [0.4, 0.5) is 5.69 Å². The van der Waals surface area contributed by atoms with Crippen LogP contribution in [0.3, 0.4) is 0 Å². The van der Waals surface area contributed by atoms with Crippen LogP contribution in [0.2, 0.25) is 0 Å². The second kappa shape index (κ2) is 2.68. The molecule has 2 rings (SSSR count). The Kier molecular flexibility index (Phi) is 1.72. The van der Waals surface area contributed by atoms with Crippen molar-refractivity contribution in [3.05, 3.63) is 35.7 Å². The highest BCUT2D eigenvalue weighted by Crippen LogP contribution is 2.30. The van der Waals surface area contributed by atoms with Crippen LogP contribution in [-0.2, 0) is 14.6 Å². The van der Waals surface area contributed by atoms with Gasteiger partial charge in [-0.3, -0.25) is 4.79 Å². The van der Waals surface area contributed by atoms with Crippen LogP contribution in [-0.4, -0.2) is 14.3 Å². The molecule has 1 aliphatic heterocycles. The minimum atomic E-state index is -3.68. The average Bonchev–Trinajstić information content (AvgIpc) is 2.15. The highest BCUT2D eigenvalue weighted by atomic mass is 32.2. The predicted octanol–water partition coefficient (Wildman–Crippen LogP) is 0.926. The number of fused-ring (bicyclic) bond motifs is 1. The third-order valence-electron chi connectivity index (χ3n) is 2.00. The van der Waals surface area contributed by atoms with Crippen molar-refractivity contribution in [1.29, 1.82) is 0 Å². The Morgan fingerprint density at radius 1 is 1.21 bits per heavy atom. The summed E-state index contributed by atoms with van der Waals surface area (Å²) in [5.41, 5.74) is 0.310. The van der Waals surface area contributed by atoms with E-state index in [-0.39, 0.29) is 4.90 Å². The Labute approximate surface area is 81.2 Å². The minimum absolute atomic E-state index is 0.101. The van der Waals surface area contributed by atoms with E-state index in [1.165, 1.54) is 12.1 Å². The average molecular weight is 209 g/mol. The summed E-state index contributed by atoms with van der Waals surface area (Å²) in [6.07, 6.45) is 0. The van der Waals surface area contributed by atoms with Gasteiger partial charge < -0.3 is 5.32 Å². The summed E-state index contributed by atoms with van der Waals surface area (Å²) in [6, 6.07) is 6.23. The molecule has 1 heterocycles. The highest BCUT2D eigenvalue weighted by Gasteiger charge is 2.32. The maximum atomic E-state index is 11.7. The minimum Gasteiger partial charge on any atom is -0.320 e. The fourth-order valence-electron chi connectivity index (χ4n) is 1.25. The maximum absolute atomic E-state index is 11.7. The summed E-state index contributed by atoms with van der Waals surface area (Å²) >= 11 is 0. The van der Waals surface area contributed by atoms with Crippen LogP contribution in [0.15, 0.2) is 40.6 Å². The van der Waals surface area contributed by atoms with Crippen molar-refractivity contribution in [3.63, 3.8) is 0 Å². The molecule has 1 aromatic carbocycles. The van der Waals surface area contributed by atoms with Crippen LogP contribution < -0.4 is 5.32 Å². The van der Waals surface area contributed by atoms with Crippen molar-refractivity contribution in [3.8, 4) is 0 Å². The number of sulfone groups is 1. The topological polar surface area (TPSA) is 63.2 Å². The van der Waals surface area contributed by atoms with E-state index in [9.17, 15) is 13.2 Å². The molecular weight excluding hydrogens is 202 g/mol. The Morgan fingerprint density at radius 2 is 1.86 bits per heavy atom. The van der Waals surface area contributed by atoms with Gasteiger partial charge in [-0.15, -0.1) is 0 Å². The number of anilines is 1. The molecule has 0 spiro atoms. The van der Waals surface area contributed by atoms with Gasteiger partial charge in [-0.2, -0.15) is 0 Å². The van der Waals surface area contributed by atoms with Crippen LogP contribution >= 0.6 is 0 Å².